The number of anilines is 2. The van der Waals surface area contributed by atoms with E-state index in [1.54, 1.807) is 24.3 Å². The average molecular weight is 1140 g/mol. The number of halogens is 1. The number of nitrogens with one attached hydrogen (secondary N) is 4. The number of H-pyrrole nitrogens is 1. The molecular weight excluding hydrogens is 1090 g/mol. The third-order valence-corrected chi connectivity index (χ3v) is 13.4. The second-order valence-corrected chi connectivity index (χ2v) is 20.2. The highest BCUT2D eigenvalue weighted by atomic mass is 35.5. The standard InChI is InChI=1S/C14H17N5O4S.C9H5ClN2O2.C9H6N2O3.C8H7NO4.C5H13N3O2S.2CH4/c15-24(20,21)18-2-1-9-5-19(6-9)14-10-3-12-13(23-8-22-12)4-11(10)16-7-17-14;10-9-5-1-7-8(14-4-13-7)2-6(5)11-3-12-9;12-9-5-1-7-8(14-4-13-7)2-6(5)10-3-11-9;9-5-2-7-6(12-3-13-7)1-4(5)8(10)11;6-11(9,10)8-2-1-5-3-7-4-5;;/h3-4,7,9,18H,1-2,5-6,8H2,(H2,15,20,21);1-3H,4H2;1-3H,4H2,(H,10,11,12);1-2H,3,9H2,(H,10,11);5,7-8H,1-4H2,(H2,6,9,10);2*1H4. The zero-order valence-corrected chi connectivity index (χ0v) is 42.2. The molecule has 31 heteroatoms. The molecule has 28 nitrogen and oxygen atoms in total. The van der Waals surface area contributed by atoms with E-state index in [4.69, 9.17) is 70.6 Å². The largest absolute Gasteiger partial charge is 0.478 e. The molecular formula is C47H56ClN13O15S2. The fraction of sp³-hybridized carbons (Fsp3) is 0.340. The zero-order valence-electron chi connectivity index (χ0n) is 39.8. The predicted molar refractivity (Wildman–Crippen MR) is 286 cm³/mol. The van der Waals surface area contributed by atoms with Crippen LogP contribution in [-0.4, -0.2) is 124 Å². The molecule has 7 aromatic rings. The summed E-state index contributed by atoms with van der Waals surface area (Å²) in [6, 6.07) is 13.5. The van der Waals surface area contributed by atoms with Gasteiger partial charge in [-0.3, -0.25) is 4.79 Å². The van der Waals surface area contributed by atoms with E-state index >= 15 is 0 Å². The maximum Gasteiger partial charge on any atom is 0.337 e. The molecule has 0 spiro atoms. The van der Waals surface area contributed by atoms with Crippen LogP contribution in [0, 0.1) is 11.8 Å². The summed E-state index contributed by atoms with van der Waals surface area (Å²) in [6.07, 6.45) is 5.93. The van der Waals surface area contributed by atoms with Crippen LogP contribution in [0.1, 0.15) is 38.1 Å². The van der Waals surface area contributed by atoms with Crippen LogP contribution in [-0.2, 0) is 20.4 Å². The molecule has 6 aliphatic heterocycles. The Morgan fingerprint density at radius 3 is 1.56 bits per heavy atom. The van der Waals surface area contributed by atoms with Gasteiger partial charge in [-0.15, -0.1) is 0 Å². The molecule has 418 valence electrons. The lowest BCUT2D eigenvalue weighted by Gasteiger charge is -2.40. The number of hydrogen-bond donors (Lipinski definition) is 8. The van der Waals surface area contributed by atoms with Crippen LogP contribution in [0.15, 0.2) is 72.3 Å². The van der Waals surface area contributed by atoms with Crippen molar-refractivity contribution in [2.75, 3.05) is 77.1 Å². The van der Waals surface area contributed by atoms with Crippen LogP contribution in [0.3, 0.4) is 0 Å². The maximum absolute atomic E-state index is 11.4. The molecule has 6 aliphatic rings. The summed E-state index contributed by atoms with van der Waals surface area (Å²) in [6.45, 7) is 5.18. The molecule has 13 rings (SSSR count). The van der Waals surface area contributed by atoms with E-state index in [1.807, 2.05) is 12.1 Å². The number of rotatable bonds is 10. The first-order chi connectivity index (χ1) is 36.4. The van der Waals surface area contributed by atoms with Crippen molar-refractivity contribution in [3.05, 3.63) is 88.6 Å². The first-order valence-electron chi connectivity index (χ1n) is 22.9. The van der Waals surface area contributed by atoms with Crippen LogP contribution < -0.4 is 79.1 Å². The molecule has 3 aromatic heterocycles. The number of aromatic nitrogens is 6. The Bertz CT molecular complexity index is 3590. The van der Waals surface area contributed by atoms with Gasteiger partial charge in [-0.2, -0.15) is 16.8 Å². The lowest BCUT2D eigenvalue weighted by atomic mass is 9.96. The van der Waals surface area contributed by atoms with E-state index in [-0.39, 0.29) is 58.8 Å². The van der Waals surface area contributed by atoms with Crippen molar-refractivity contribution in [2.24, 2.45) is 22.1 Å². The summed E-state index contributed by atoms with van der Waals surface area (Å²) >= 11 is 5.91. The molecule has 11 N–H and O–H groups in total. The van der Waals surface area contributed by atoms with Crippen molar-refractivity contribution in [3.63, 3.8) is 0 Å². The molecule has 0 unspecified atom stereocenters. The van der Waals surface area contributed by atoms with E-state index in [0.717, 1.165) is 66.6 Å². The Hall–Kier alpha value is -7.84. The highest BCUT2D eigenvalue weighted by Gasteiger charge is 2.30. The van der Waals surface area contributed by atoms with Crippen molar-refractivity contribution in [1.29, 1.82) is 0 Å². The van der Waals surface area contributed by atoms with E-state index in [9.17, 15) is 26.4 Å². The molecule has 2 saturated heterocycles. The Labute approximate surface area is 451 Å². The van der Waals surface area contributed by atoms with Crippen molar-refractivity contribution >= 4 is 82.2 Å². The Balaban J connectivity index is 0.000000145. The maximum atomic E-state index is 11.4. The van der Waals surface area contributed by atoms with Gasteiger partial charge in [0.05, 0.1) is 39.5 Å². The minimum atomic E-state index is -3.61. The van der Waals surface area contributed by atoms with Gasteiger partial charge in [0.15, 0.2) is 46.0 Å². The molecule has 9 heterocycles. The van der Waals surface area contributed by atoms with Crippen molar-refractivity contribution in [2.45, 2.75) is 27.7 Å². The van der Waals surface area contributed by atoms with E-state index in [0.29, 0.717) is 87.0 Å². The lowest BCUT2D eigenvalue weighted by molar-refractivity contribution is 0.0697. The number of aromatic amines is 1. The number of benzene rings is 4. The topological polar surface area (TPSA) is 394 Å². The number of carboxylic acids is 1. The fourth-order valence-electron chi connectivity index (χ4n) is 7.99. The van der Waals surface area contributed by atoms with Crippen molar-refractivity contribution in [1.82, 2.24) is 44.7 Å². The predicted octanol–water partition coefficient (Wildman–Crippen LogP) is 3.00. The van der Waals surface area contributed by atoms with Gasteiger partial charge in [0, 0.05) is 67.3 Å². The third-order valence-electron chi connectivity index (χ3n) is 11.9. The Kier molecular flexibility index (Phi) is 18.6. The van der Waals surface area contributed by atoms with Crippen molar-refractivity contribution < 1.29 is 64.6 Å². The number of fused-ring (bicyclic) bond motifs is 7. The van der Waals surface area contributed by atoms with Crippen LogP contribution >= 0.6 is 11.6 Å². The number of ether oxygens (including phenoxy) is 8. The smallest absolute Gasteiger partial charge is 0.337 e. The third kappa shape index (κ3) is 14.4. The molecule has 0 amide bonds. The van der Waals surface area contributed by atoms with Crippen LogP contribution in [0.25, 0.3) is 32.7 Å². The molecule has 78 heavy (non-hydrogen) atoms. The van der Waals surface area contributed by atoms with Crippen LogP contribution in [0.4, 0.5) is 11.5 Å². The summed E-state index contributed by atoms with van der Waals surface area (Å²) in [5, 5.41) is 24.1. The van der Waals surface area contributed by atoms with Gasteiger partial charge in [0.1, 0.15) is 23.6 Å². The van der Waals surface area contributed by atoms with Crippen molar-refractivity contribution in [3.8, 4) is 46.0 Å². The number of nitrogen functional groups attached to an aromatic ring is 1. The molecule has 4 aromatic carbocycles. The Morgan fingerprint density at radius 2 is 1.06 bits per heavy atom. The molecule has 0 saturated carbocycles. The fourth-order valence-corrected chi connectivity index (χ4v) is 8.99. The molecule has 0 radical (unpaired) electrons. The molecule has 2 fully saturated rings. The van der Waals surface area contributed by atoms with E-state index in [2.05, 4.69) is 49.6 Å². The highest BCUT2D eigenvalue weighted by molar-refractivity contribution is 7.87. The first-order valence-corrected chi connectivity index (χ1v) is 26.4. The lowest BCUT2D eigenvalue weighted by Crippen LogP contribution is -2.48. The van der Waals surface area contributed by atoms with Gasteiger partial charge in [-0.25, -0.2) is 49.4 Å². The van der Waals surface area contributed by atoms with Gasteiger partial charge in [0.2, 0.25) is 27.2 Å². The molecule has 0 atom stereocenters. The molecule has 0 aliphatic carbocycles. The number of carboxylic acid groups (broad SMARTS) is 1. The average Bonchev–Trinajstić information content (AvgIpc) is 4.20. The number of carbonyl (C=O) groups is 1. The minimum absolute atomic E-state index is 0. The first kappa shape index (κ1) is 57.9. The zero-order chi connectivity index (χ0) is 53.6. The number of nitrogens with two attached hydrogens (primary N) is 3. The van der Waals surface area contributed by atoms with Gasteiger partial charge in [-0.05, 0) is 56.0 Å². The van der Waals surface area contributed by atoms with Gasteiger partial charge < -0.3 is 63.9 Å². The normalized spacial score (nSPS) is 15.1. The molecule has 0 bridgehead atoms. The summed E-state index contributed by atoms with van der Waals surface area (Å²) in [7, 11) is -7.09. The SMILES string of the molecule is C.C.Clc1ncnc2cc3c(cc12)OCO3.NS(=O)(=O)NCCC1CN(c2ncnc3cc4c(cc23)OCO4)C1.NS(=O)(=O)NCCC1CNC1.Nc1cc2c(cc1C(=O)O)OCO2.O=c1[nH]cnc2cc3c(cc12)OCO3. The Morgan fingerprint density at radius 1 is 0.628 bits per heavy atom. The number of nitrogens with zero attached hydrogens (tertiary/aromatic N) is 6. The number of aromatic carboxylic acids is 1. The van der Waals surface area contributed by atoms with E-state index < -0.39 is 26.4 Å². The highest BCUT2D eigenvalue weighted by Crippen LogP contribution is 2.40. The van der Waals surface area contributed by atoms with Crippen LogP contribution in [0.2, 0.25) is 5.15 Å². The van der Waals surface area contributed by atoms with Crippen LogP contribution in [0.5, 0.6) is 46.0 Å². The monoisotopic (exact) mass is 1140 g/mol. The summed E-state index contributed by atoms with van der Waals surface area (Å²) in [4.78, 5) is 47.4. The second kappa shape index (κ2) is 25.1. The minimum Gasteiger partial charge on any atom is -0.478 e. The van der Waals surface area contributed by atoms with Gasteiger partial charge >= 0.3 is 5.97 Å². The quantitative estimate of drug-likeness (QED) is 0.0720. The second-order valence-electron chi connectivity index (χ2n) is 17.1. The van der Waals surface area contributed by atoms with Gasteiger partial charge in [-0.1, -0.05) is 26.5 Å². The summed E-state index contributed by atoms with van der Waals surface area (Å²) in [5.74, 6) is 5.73. The summed E-state index contributed by atoms with van der Waals surface area (Å²) in [5.41, 5.74) is 7.69. The summed E-state index contributed by atoms with van der Waals surface area (Å²) < 4.78 is 88.6. The number of hydrogen-bond acceptors (Lipinski definition) is 22. The van der Waals surface area contributed by atoms with E-state index in [1.165, 1.54) is 31.1 Å². The van der Waals surface area contributed by atoms with Gasteiger partial charge in [0.25, 0.3) is 26.0 Å².